The predicted octanol–water partition coefficient (Wildman–Crippen LogP) is 2.99. The van der Waals surface area contributed by atoms with Crippen LogP contribution in [0.4, 0.5) is 10.4 Å². The Morgan fingerprint density at radius 1 is 1.28 bits per heavy atom. The van der Waals surface area contributed by atoms with Crippen LogP contribution < -0.4 is 9.64 Å². The Morgan fingerprint density at radius 3 is 2.84 bits per heavy atom. The summed E-state index contributed by atoms with van der Waals surface area (Å²) in [5.41, 5.74) is 0.525. The Labute approximate surface area is 143 Å². The van der Waals surface area contributed by atoms with Gasteiger partial charge in [-0.3, -0.25) is 0 Å². The van der Waals surface area contributed by atoms with Crippen LogP contribution >= 0.6 is 0 Å². The highest BCUT2D eigenvalue weighted by atomic mass is 19.1. The fraction of sp³-hybridized carbons (Fsp3) is 0.353. The van der Waals surface area contributed by atoms with Gasteiger partial charge in [0.2, 0.25) is 5.82 Å². The quantitative estimate of drug-likeness (QED) is 0.784. The maximum Gasteiger partial charge on any atom is 0.324 e. The van der Waals surface area contributed by atoms with E-state index in [1.807, 2.05) is 11.1 Å². The second-order valence-electron chi connectivity index (χ2n) is 6.02. The molecule has 1 aliphatic heterocycles. The summed E-state index contributed by atoms with van der Waals surface area (Å²) in [7, 11) is 1.49. The number of aromatic amines is 1. The van der Waals surface area contributed by atoms with Gasteiger partial charge in [0, 0.05) is 43.0 Å². The summed E-state index contributed by atoms with van der Waals surface area (Å²) in [6.45, 7) is 1.61. The van der Waals surface area contributed by atoms with Crippen LogP contribution in [0.2, 0.25) is 0 Å². The minimum absolute atomic E-state index is 0.348. The van der Waals surface area contributed by atoms with Gasteiger partial charge in [0.15, 0.2) is 0 Å². The van der Waals surface area contributed by atoms with Gasteiger partial charge in [0.25, 0.3) is 0 Å². The monoisotopic (exact) mass is 343 g/mol. The minimum atomic E-state index is -0.403. The molecule has 0 unspecified atom stereocenters. The third-order valence-corrected chi connectivity index (χ3v) is 4.45. The van der Waals surface area contributed by atoms with Crippen molar-refractivity contribution in [3.05, 3.63) is 42.2 Å². The van der Waals surface area contributed by atoms with Crippen molar-refractivity contribution in [3.63, 3.8) is 0 Å². The number of H-pyrrole nitrogens is 1. The Bertz CT molecular complexity index is 841. The van der Waals surface area contributed by atoms with Crippen LogP contribution in [0, 0.1) is 5.82 Å². The molecule has 3 aromatic rings. The van der Waals surface area contributed by atoms with Gasteiger partial charge in [-0.1, -0.05) is 5.16 Å². The Hall–Kier alpha value is -2.90. The zero-order valence-corrected chi connectivity index (χ0v) is 13.8. The van der Waals surface area contributed by atoms with Gasteiger partial charge in [-0.2, -0.15) is 4.98 Å². The van der Waals surface area contributed by atoms with Crippen molar-refractivity contribution in [2.24, 2.45) is 0 Å². The molecule has 1 aliphatic rings. The molecule has 0 atom stereocenters. The van der Waals surface area contributed by atoms with Gasteiger partial charge >= 0.3 is 6.01 Å². The maximum absolute atomic E-state index is 13.7. The van der Waals surface area contributed by atoms with Crippen LogP contribution in [0.15, 0.2) is 35.1 Å². The average molecular weight is 343 g/mol. The number of aromatic nitrogens is 4. The zero-order valence-electron chi connectivity index (χ0n) is 13.8. The lowest BCUT2D eigenvalue weighted by Crippen LogP contribution is -2.33. The molecule has 1 aromatic carbocycles. The first kappa shape index (κ1) is 15.6. The largest absolute Gasteiger partial charge is 0.497 e. The molecule has 130 valence electrons. The normalized spacial score (nSPS) is 15.5. The second kappa shape index (κ2) is 6.54. The van der Waals surface area contributed by atoms with E-state index in [4.69, 9.17) is 9.26 Å². The highest BCUT2D eigenvalue weighted by Gasteiger charge is 2.25. The molecular weight excluding hydrogens is 325 g/mol. The lowest BCUT2D eigenvalue weighted by molar-refractivity contribution is 0.391. The van der Waals surface area contributed by atoms with Gasteiger partial charge in [-0.15, -0.1) is 0 Å². The summed E-state index contributed by atoms with van der Waals surface area (Å²) in [6.07, 6.45) is 5.54. The Balaban J connectivity index is 1.48. The lowest BCUT2D eigenvalue weighted by atomic mass is 9.96. The Morgan fingerprint density at radius 2 is 2.12 bits per heavy atom. The first-order valence-electron chi connectivity index (χ1n) is 8.16. The van der Waals surface area contributed by atoms with E-state index in [9.17, 15) is 4.39 Å². The molecule has 2 aromatic heterocycles. The average Bonchev–Trinajstić information content (AvgIpc) is 3.33. The number of rotatable bonds is 4. The van der Waals surface area contributed by atoms with Gasteiger partial charge in [0.05, 0.1) is 7.11 Å². The van der Waals surface area contributed by atoms with Crippen LogP contribution in [0.5, 0.6) is 5.75 Å². The number of ether oxygens (including phenoxy) is 1. The van der Waals surface area contributed by atoms with Crippen molar-refractivity contribution in [2.75, 3.05) is 25.1 Å². The maximum atomic E-state index is 13.7. The molecule has 8 heteroatoms. The summed E-state index contributed by atoms with van der Waals surface area (Å²) in [6, 6.07) is 4.81. The van der Waals surface area contributed by atoms with E-state index in [-0.39, 0.29) is 0 Å². The van der Waals surface area contributed by atoms with Gasteiger partial charge < -0.3 is 19.1 Å². The standard InChI is InChI=1S/C17H18FN5O2/c1-24-14-9-12(8-13(18)10-14)16-21-17(25-22-16)23-6-2-11(3-7-23)15-19-4-5-20-15/h4-5,8-11H,2-3,6-7H2,1H3,(H,19,20). The number of nitrogens with one attached hydrogen (secondary N) is 1. The Kier molecular flexibility index (Phi) is 4.09. The number of imidazole rings is 1. The minimum Gasteiger partial charge on any atom is -0.497 e. The van der Waals surface area contributed by atoms with Crippen LogP contribution in [0.25, 0.3) is 11.4 Å². The smallest absolute Gasteiger partial charge is 0.324 e. The fourth-order valence-corrected chi connectivity index (χ4v) is 3.12. The molecule has 0 saturated carbocycles. The molecule has 4 rings (SSSR count). The number of hydrogen-bond donors (Lipinski definition) is 1. The number of anilines is 1. The van der Waals surface area contributed by atoms with E-state index < -0.39 is 5.82 Å². The van der Waals surface area contributed by atoms with E-state index in [1.54, 1.807) is 12.3 Å². The van der Waals surface area contributed by atoms with E-state index in [0.29, 0.717) is 29.1 Å². The molecule has 7 nitrogen and oxygen atoms in total. The van der Waals surface area contributed by atoms with Crippen molar-refractivity contribution in [1.29, 1.82) is 0 Å². The summed E-state index contributed by atoms with van der Waals surface area (Å²) < 4.78 is 24.1. The first-order chi connectivity index (χ1) is 12.2. The van der Waals surface area contributed by atoms with Crippen molar-refractivity contribution in [2.45, 2.75) is 18.8 Å². The molecule has 0 amide bonds. The van der Waals surface area contributed by atoms with Crippen LogP contribution in [-0.2, 0) is 0 Å². The number of hydrogen-bond acceptors (Lipinski definition) is 6. The third-order valence-electron chi connectivity index (χ3n) is 4.45. The summed E-state index contributed by atoms with van der Waals surface area (Å²) >= 11 is 0. The van der Waals surface area contributed by atoms with Crippen molar-refractivity contribution in [1.82, 2.24) is 20.1 Å². The van der Waals surface area contributed by atoms with Crippen molar-refractivity contribution in [3.8, 4) is 17.1 Å². The molecule has 3 heterocycles. The van der Waals surface area contributed by atoms with E-state index in [1.165, 1.54) is 19.2 Å². The van der Waals surface area contributed by atoms with E-state index in [0.717, 1.165) is 31.8 Å². The summed E-state index contributed by atoms with van der Waals surface area (Å²) in [5.74, 6) is 1.81. The summed E-state index contributed by atoms with van der Waals surface area (Å²) in [5, 5.41) is 3.98. The van der Waals surface area contributed by atoms with Crippen LogP contribution in [0.3, 0.4) is 0 Å². The first-order valence-corrected chi connectivity index (χ1v) is 8.16. The second-order valence-corrected chi connectivity index (χ2v) is 6.02. The number of methoxy groups -OCH3 is 1. The number of piperidine rings is 1. The number of halogens is 1. The number of benzene rings is 1. The topological polar surface area (TPSA) is 80.1 Å². The fourth-order valence-electron chi connectivity index (χ4n) is 3.12. The molecule has 0 aliphatic carbocycles. The van der Waals surface area contributed by atoms with Gasteiger partial charge in [-0.25, -0.2) is 9.37 Å². The van der Waals surface area contributed by atoms with E-state index >= 15 is 0 Å². The highest BCUT2D eigenvalue weighted by Crippen LogP contribution is 2.30. The predicted molar refractivity (Wildman–Crippen MR) is 89.0 cm³/mol. The molecular formula is C17H18FN5O2. The van der Waals surface area contributed by atoms with Crippen LogP contribution in [0.1, 0.15) is 24.6 Å². The van der Waals surface area contributed by atoms with Crippen molar-refractivity contribution >= 4 is 6.01 Å². The SMILES string of the molecule is COc1cc(F)cc(-c2noc(N3CCC(c4ncc[nH]4)CC3)n2)c1. The van der Waals surface area contributed by atoms with Gasteiger partial charge in [-0.05, 0) is 25.0 Å². The molecule has 25 heavy (non-hydrogen) atoms. The molecule has 1 saturated heterocycles. The zero-order chi connectivity index (χ0) is 17.2. The van der Waals surface area contributed by atoms with Crippen molar-refractivity contribution < 1.29 is 13.7 Å². The molecule has 0 bridgehead atoms. The highest BCUT2D eigenvalue weighted by molar-refractivity contribution is 5.58. The number of nitrogens with zero attached hydrogens (tertiary/aromatic N) is 4. The van der Waals surface area contributed by atoms with Crippen LogP contribution in [-0.4, -0.2) is 40.3 Å². The lowest BCUT2D eigenvalue weighted by Gasteiger charge is -2.29. The summed E-state index contributed by atoms with van der Waals surface area (Å²) in [4.78, 5) is 14.0. The molecule has 0 spiro atoms. The third kappa shape index (κ3) is 3.19. The molecule has 0 radical (unpaired) electrons. The molecule has 1 N–H and O–H groups in total. The van der Waals surface area contributed by atoms with E-state index in [2.05, 4.69) is 20.1 Å². The molecule has 1 fully saturated rings. The van der Waals surface area contributed by atoms with Gasteiger partial charge in [0.1, 0.15) is 17.4 Å².